The predicted molar refractivity (Wildman–Crippen MR) is 265 cm³/mol. The molecule has 4 rings (SSSR count). The summed E-state index contributed by atoms with van der Waals surface area (Å²) in [6.07, 6.45) is -5.45. The molecule has 14 atom stereocenters. The van der Waals surface area contributed by atoms with Crippen LogP contribution in [0.2, 0.25) is 10.0 Å². The molecular weight excluding hydrogens is 983 g/mol. The van der Waals surface area contributed by atoms with Gasteiger partial charge >= 0.3 is 17.9 Å². The summed E-state index contributed by atoms with van der Waals surface area (Å²) in [5, 5.41) is 76.5. The smallest absolute Gasteiger partial charge is 0.342 e. The first kappa shape index (κ1) is 60.7. The first-order chi connectivity index (χ1) is 33.7. The molecule has 3 aliphatic heterocycles. The Morgan fingerprint density at radius 2 is 1.57 bits per heavy atom. The van der Waals surface area contributed by atoms with E-state index in [2.05, 4.69) is 0 Å². The van der Waals surface area contributed by atoms with Crippen LogP contribution in [-0.4, -0.2) is 153 Å². The molecule has 1 aromatic carbocycles. The third-order valence-corrected chi connectivity index (χ3v) is 13.8. The number of methoxy groups -OCH3 is 1. The number of carbonyl (C=O) groups excluding carboxylic acids is 3. The summed E-state index contributed by atoms with van der Waals surface area (Å²) in [5.74, 6) is -4.78. The summed E-state index contributed by atoms with van der Waals surface area (Å²) in [4.78, 5) is 40.0. The number of ether oxygens (including phenoxy) is 8. The Hall–Kier alpha value is -3.89. The number of cyclic esters (lactones) is 1. The third-order valence-electron chi connectivity index (χ3n) is 13.0. The van der Waals surface area contributed by atoms with Crippen molar-refractivity contribution >= 4 is 41.1 Å². The minimum absolute atomic E-state index is 0.0372. The van der Waals surface area contributed by atoms with Gasteiger partial charge < -0.3 is 73.6 Å². The van der Waals surface area contributed by atoms with Gasteiger partial charge in [0.2, 0.25) is 0 Å². The highest BCUT2D eigenvalue weighted by Gasteiger charge is 2.53. The number of phenols is 2. The Kier molecular flexibility index (Phi) is 22.4. The Labute approximate surface area is 431 Å². The van der Waals surface area contributed by atoms with Gasteiger partial charge in [-0.1, -0.05) is 86.9 Å². The molecule has 2 fully saturated rings. The highest BCUT2D eigenvalue weighted by atomic mass is 35.5. The fraction of sp³-hybridized carbons (Fsp3) is 0.635. The zero-order chi connectivity index (χ0) is 54.1. The summed E-state index contributed by atoms with van der Waals surface area (Å²) < 4.78 is 47.5. The van der Waals surface area contributed by atoms with Crippen LogP contribution in [0.25, 0.3) is 0 Å². The van der Waals surface area contributed by atoms with Gasteiger partial charge in [-0.2, -0.15) is 0 Å². The van der Waals surface area contributed by atoms with Gasteiger partial charge in [0.05, 0.1) is 47.5 Å². The zero-order valence-corrected chi connectivity index (χ0v) is 44.5. The Bertz CT molecular complexity index is 2220. The van der Waals surface area contributed by atoms with Gasteiger partial charge in [0.1, 0.15) is 46.7 Å². The second-order valence-electron chi connectivity index (χ2n) is 19.4. The van der Waals surface area contributed by atoms with Gasteiger partial charge in [-0.15, -0.1) is 0 Å². The number of hydrogen-bond acceptors (Lipinski definition) is 18. The molecule has 0 spiro atoms. The highest BCUT2D eigenvalue weighted by Crippen LogP contribution is 2.45. The Morgan fingerprint density at radius 1 is 0.903 bits per heavy atom. The fourth-order valence-corrected chi connectivity index (χ4v) is 9.16. The van der Waals surface area contributed by atoms with Crippen LogP contribution in [0, 0.1) is 11.8 Å². The van der Waals surface area contributed by atoms with Crippen molar-refractivity contribution in [3.63, 3.8) is 0 Å². The standard InChI is InChI=1S/C52H74Cl2O18/c1-13-30-22-26(6)33(56)18-16-15-17-31(23-66-51-45(65-12)42(61)44(29(9)67-51)69-49(64)35-32(14-2)36(53)39(58)37(54)38(35)57)48(63)68-34(28(8)55)20-19-25(5)21-27(7)43(30)70-50-41(60)40(59)46(52(10,11)72-50)71-47(62)24(3)4/h15-17,19,21-22,24,28-30,33-34,40-46,50-51,55-61H,13-14,18,20,23H2,1-12H3/b16-15+,25-19+,26-22-,27-21+,31-17-/t28-,29-,30?,33+,34+,40-,41+,42+,43+,44-,45+,46+,50-,51-/m1/s1. The topological polar surface area (TPSA) is 267 Å². The van der Waals surface area contributed by atoms with Crippen molar-refractivity contribution in [1.29, 1.82) is 0 Å². The number of aliphatic hydroxyl groups excluding tert-OH is 5. The lowest BCUT2D eigenvalue weighted by Gasteiger charge is -2.47. The molecule has 72 heavy (non-hydrogen) atoms. The molecule has 404 valence electrons. The summed E-state index contributed by atoms with van der Waals surface area (Å²) in [6.45, 7) is 18.1. The van der Waals surface area contributed by atoms with Crippen LogP contribution < -0.4 is 0 Å². The number of esters is 3. The number of halogens is 2. The molecule has 1 unspecified atom stereocenters. The molecule has 1 aromatic rings. The minimum atomic E-state index is -1.61. The number of phenolic OH excluding ortho intramolecular Hbond substituents is 2. The second kappa shape index (κ2) is 26.5. The van der Waals surface area contributed by atoms with Crippen molar-refractivity contribution in [2.75, 3.05) is 13.7 Å². The number of rotatable bonds is 13. The maximum atomic E-state index is 13.9. The van der Waals surface area contributed by atoms with Crippen LogP contribution in [0.15, 0.2) is 58.7 Å². The van der Waals surface area contributed by atoms with Crippen molar-refractivity contribution in [3.8, 4) is 11.5 Å². The lowest BCUT2D eigenvalue weighted by atomic mass is 9.88. The average Bonchev–Trinajstić information content (AvgIpc) is 3.32. The SMILES string of the molecule is CCc1c(Cl)c(O)c(Cl)c(O)c1C(=O)O[C@H]1[C@H](O)[C@H](OC)[C@H](OC/C2=C/C=C/C[C@H](O)/C(C)=C\C(CC)[C@@H](O[C@@H]3OC(C)(C)[C@@H](OC(=O)C(C)C)[C@H](O)[C@@H]3O)/C(C)=C/C(C)=C/C[C@@H]([C@@H](C)O)OC2=O)O[C@@H]1C. The van der Waals surface area contributed by atoms with E-state index in [4.69, 9.17) is 61.1 Å². The van der Waals surface area contributed by atoms with Crippen molar-refractivity contribution in [1.82, 2.24) is 0 Å². The zero-order valence-electron chi connectivity index (χ0n) is 43.0. The van der Waals surface area contributed by atoms with Crippen LogP contribution >= 0.6 is 23.2 Å². The average molecular weight is 1060 g/mol. The molecule has 0 aromatic heterocycles. The van der Waals surface area contributed by atoms with Crippen molar-refractivity contribution in [2.24, 2.45) is 11.8 Å². The van der Waals surface area contributed by atoms with Gasteiger partial charge in [-0.3, -0.25) is 4.79 Å². The third kappa shape index (κ3) is 14.7. The van der Waals surface area contributed by atoms with Crippen LogP contribution in [-0.2, 0) is 53.9 Å². The number of aliphatic hydroxyl groups is 5. The molecule has 18 nitrogen and oxygen atoms in total. The molecule has 3 heterocycles. The van der Waals surface area contributed by atoms with Crippen molar-refractivity contribution < 1.29 is 88.0 Å². The fourth-order valence-electron chi connectivity index (χ4n) is 8.60. The van der Waals surface area contributed by atoms with E-state index in [0.29, 0.717) is 23.1 Å². The Morgan fingerprint density at radius 3 is 2.17 bits per heavy atom. The molecule has 0 saturated carbocycles. The lowest BCUT2D eigenvalue weighted by Crippen LogP contribution is -2.64. The van der Waals surface area contributed by atoms with Crippen LogP contribution in [0.3, 0.4) is 0 Å². The highest BCUT2D eigenvalue weighted by molar-refractivity contribution is 6.39. The predicted octanol–water partition coefficient (Wildman–Crippen LogP) is 6.23. The molecular formula is C52H74Cl2O18. The quantitative estimate of drug-likeness (QED) is 0.0655. The molecule has 20 heteroatoms. The van der Waals surface area contributed by atoms with E-state index in [1.165, 1.54) is 33.1 Å². The largest absolute Gasteiger partial charge is 0.505 e. The molecule has 7 N–H and O–H groups in total. The molecule has 0 bridgehead atoms. The summed E-state index contributed by atoms with van der Waals surface area (Å²) in [6, 6.07) is 0. The molecule has 0 aliphatic carbocycles. The van der Waals surface area contributed by atoms with Gasteiger partial charge in [-0.05, 0) is 90.5 Å². The number of allylic oxidation sites excluding steroid dienone is 4. The Balaban J connectivity index is 1.61. The van der Waals surface area contributed by atoms with Crippen LogP contribution in [0.4, 0.5) is 0 Å². The van der Waals surface area contributed by atoms with E-state index in [-0.39, 0.29) is 35.4 Å². The van der Waals surface area contributed by atoms with E-state index < -0.39 is 144 Å². The van der Waals surface area contributed by atoms with E-state index in [9.17, 15) is 50.1 Å². The molecule has 3 aliphatic rings. The number of benzene rings is 1. The van der Waals surface area contributed by atoms with Crippen LogP contribution in [0.5, 0.6) is 11.5 Å². The second-order valence-corrected chi connectivity index (χ2v) is 20.1. The molecule has 2 saturated heterocycles. The summed E-state index contributed by atoms with van der Waals surface area (Å²) in [7, 11) is 1.26. The van der Waals surface area contributed by atoms with E-state index in [0.717, 1.165) is 0 Å². The maximum absolute atomic E-state index is 13.9. The van der Waals surface area contributed by atoms with Gasteiger partial charge in [-0.25, -0.2) is 9.59 Å². The van der Waals surface area contributed by atoms with Crippen LogP contribution in [0.1, 0.15) is 111 Å². The van der Waals surface area contributed by atoms with Crippen molar-refractivity contribution in [3.05, 3.63) is 79.9 Å². The number of carbonyl (C=O) groups is 3. The lowest BCUT2D eigenvalue weighted by molar-refractivity contribution is -0.333. The van der Waals surface area contributed by atoms with E-state index in [1.54, 1.807) is 53.7 Å². The van der Waals surface area contributed by atoms with E-state index >= 15 is 0 Å². The molecule has 0 radical (unpaired) electrons. The van der Waals surface area contributed by atoms with Gasteiger partial charge in [0.15, 0.2) is 36.3 Å². The van der Waals surface area contributed by atoms with Gasteiger partial charge in [0.25, 0.3) is 0 Å². The normalized spacial score (nSPS) is 34.8. The molecule has 0 amide bonds. The van der Waals surface area contributed by atoms with Crippen molar-refractivity contribution in [2.45, 2.75) is 187 Å². The van der Waals surface area contributed by atoms with Gasteiger partial charge in [0, 0.05) is 19.4 Å². The summed E-state index contributed by atoms with van der Waals surface area (Å²) >= 11 is 12.3. The first-order valence-electron chi connectivity index (χ1n) is 24.2. The van der Waals surface area contributed by atoms with E-state index in [1.807, 2.05) is 32.9 Å². The monoisotopic (exact) mass is 1060 g/mol. The first-order valence-corrected chi connectivity index (χ1v) is 24.9. The number of aromatic hydroxyl groups is 2. The number of hydrogen-bond donors (Lipinski definition) is 7. The summed E-state index contributed by atoms with van der Waals surface area (Å²) in [5.41, 5.74) is 0.318. The minimum Gasteiger partial charge on any atom is -0.505 e. The maximum Gasteiger partial charge on any atom is 0.342 e.